The number of ether oxygens (including phenoxy) is 3. The van der Waals surface area contributed by atoms with Crippen LogP contribution in [0, 0.1) is 6.92 Å². The fourth-order valence-corrected chi connectivity index (χ4v) is 3.89. The number of aryl methyl sites for hydroxylation is 1. The van der Waals surface area contributed by atoms with Crippen molar-refractivity contribution < 1.29 is 23.8 Å². The number of hydrogen-bond donors (Lipinski definition) is 1. The number of allylic oxidation sites excluding steroid dienone is 1. The summed E-state index contributed by atoms with van der Waals surface area (Å²) < 4.78 is 18.2. The van der Waals surface area contributed by atoms with Crippen LogP contribution in [-0.2, 0) is 22.7 Å². The Hall–Kier alpha value is -3.79. The van der Waals surface area contributed by atoms with E-state index in [4.69, 9.17) is 9.47 Å². The van der Waals surface area contributed by atoms with Crippen LogP contribution >= 0.6 is 11.8 Å². The first-order valence-corrected chi connectivity index (χ1v) is 11.9. The van der Waals surface area contributed by atoms with Crippen molar-refractivity contribution in [2.45, 2.75) is 32.2 Å². The van der Waals surface area contributed by atoms with Crippen molar-refractivity contribution in [2.75, 3.05) is 24.8 Å². The Morgan fingerprint density at radius 3 is 2.57 bits per heavy atom. The number of carbonyl (C=O) groups is 2. The molecule has 0 atom stereocenters. The Labute approximate surface area is 208 Å². The number of thioether (sulfide) groups is 1. The summed E-state index contributed by atoms with van der Waals surface area (Å²) in [6.45, 7) is 8.90. The van der Waals surface area contributed by atoms with Crippen LogP contribution in [0.25, 0.3) is 0 Å². The van der Waals surface area contributed by atoms with Gasteiger partial charge in [-0.2, -0.15) is 0 Å². The summed E-state index contributed by atoms with van der Waals surface area (Å²) in [4.78, 5) is 24.0. The van der Waals surface area contributed by atoms with Crippen molar-refractivity contribution in [2.24, 2.45) is 0 Å². The first-order chi connectivity index (χ1) is 16.9. The Morgan fingerprint density at radius 2 is 1.89 bits per heavy atom. The molecule has 1 N–H and O–H groups in total. The van der Waals surface area contributed by atoms with E-state index in [0.29, 0.717) is 46.9 Å². The van der Waals surface area contributed by atoms with Gasteiger partial charge in [-0.05, 0) is 55.8 Å². The van der Waals surface area contributed by atoms with Crippen LogP contribution in [-0.4, -0.2) is 46.1 Å². The molecule has 0 aliphatic rings. The van der Waals surface area contributed by atoms with Crippen molar-refractivity contribution in [3.05, 3.63) is 72.1 Å². The number of anilines is 1. The zero-order valence-corrected chi connectivity index (χ0v) is 20.8. The second-order valence-corrected chi connectivity index (χ2v) is 8.32. The molecule has 0 unspecified atom stereocenters. The predicted octanol–water partition coefficient (Wildman–Crippen LogP) is 4.27. The van der Waals surface area contributed by atoms with Crippen LogP contribution in [0.1, 0.15) is 28.7 Å². The second-order valence-electron chi connectivity index (χ2n) is 7.38. The fourth-order valence-electron chi connectivity index (χ4n) is 3.12. The van der Waals surface area contributed by atoms with E-state index in [9.17, 15) is 9.59 Å². The molecule has 9 nitrogen and oxygen atoms in total. The largest absolute Gasteiger partial charge is 0.490 e. The second kappa shape index (κ2) is 12.6. The predicted molar refractivity (Wildman–Crippen MR) is 134 cm³/mol. The van der Waals surface area contributed by atoms with Gasteiger partial charge in [0, 0.05) is 12.2 Å². The zero-order valence-electron chi connectivity index (χ0n) is 19.9. The average Bonchev–Trinajstić information content (AvgIpc) is 3.24. The van der Waals surface area contributed by atoms with Crippen LogP contribution in [0.3, 0.4) is 0 Å². The molecule has 1 aromatic heterocycles. The van der Waals surface area contributed by atoms with Gasteiger partial charge in [0.15, 0.2) is 22.5 Å². The third-order valence-electron chi connectivity index (χ3n) is 4.78. The van der Waals surface area contributed by atoms with E-state index in [1.807, 2.05) is 36.6 Å². The van der Waals surface area contributed by atoms with Crippen molar-refractivity contribution in [1.29, 1.82) is 0 Å². The summed E-state index contributed by atoms with van der Waals surface area (Å²) in [5.41, 5.74) is 2.06. The van der Waals surface area contributed by atoms with Crippen LogP contribution < -0.4 is 14.8 Å². The minimum atomic E-state index is -0.434. The Morgan fingerprint density at radius 1 is 1.11 bits per heavy atom. The lowest BCUT2D eigenvalue weighted by Gasteiger charge is -2.13. The number of rotatable bonds is 12. The van der Waals surface area contributed by atoms with Gasteiger partial charge >= 0.3 is 5.97 Å². The summed E-state index contributed by atoms with van der Waals surface area (Å²) in [6.07, 6.45) is 1.73. The van der Waals surface area contributed by atoms with Gasteiger partial charge in [0.2, 0.25) is 5.91 Å². The van der Waals surface area contributed by atoms with E-state index in [1.54, 1.807) is 30.3 Å². The molecule has 0 bridgehead atoms. The molecule has 0 saturated heterocycles. The topological polar surface area (TPSA) is 105 Å². The van der Waals surface area contributed by atoms with Crippen LogP contribution in [0.2, 0.25) is 0 Å². The monoisotopic (exact) mass is 496 g/mol. The molecule has 0 aliphatic carbocycles. The normalized spacial score (nSPS) is 10.5. The standard InChI is InChI=1S/C25H28N4O5S/c1-5-13-29-22(15-34-20-12-7-17(3)14-21(20)33-6-2)27-28-25(29)35-16-23(30)26-19-10-8-18(9-11-19)24(31)32-4/h5,7-12,14H,1,6,13,15-16H2,2-4H3,(H,26,30). The van der Waals surface area contributed by atoms with E-state index < -0.39 is 5.97 Å². The fraction of sp³-hybridized carbons (Fsp3) is 0.280. The molecule has 2 aromatic carbocycles. The van der Waals surface area contributed by atoms with E-state index in [0.717, 1.165) is 5.56 Å². The number of aromatic nitrogens is 3. The van der Waals surface area contributed by atoms with Gasteiger partial charge in [-0.25, -0.2) is 4.79 Å². The van der Waals surface area contributed by atoms with Gasteiger partial charge < -0.3 is 19.5 Å². The van der Waals surface area contributed by atoms with Gasteiger partial charge in [0.1, 0.15) is 6.61 Å². The Kier molecular flexibility index (Phi) is 9.31. The first-order valence-electron chi connectivity index (χ1n) is 10.9. The SMILES string of the molecule is C=CCn1c(COc2ccc(C)cc2OCC)nnc1SCC(=O)Nc1ccc(C(=O)OC)cc1. The number of nitrogens with one attached hydrogen (secondary N) is 1. The highest BCUT2D eigenvalue weighted by molar-refractivity contribution is 7.99. The summed E-state index contributed by atoms with van der Waals surface area (Å²) >= 11 is 1.26. The number of methoxy groups -OCH3 is 1. The summed E-state index contributed by atoms with van der Waals surface area (Å²) in [6, 6.07) is 12.2. The number of carbonyl (C=O) groups excluding carboxylic acids is 2. The van der Waals surface area contributed by atoms with Gasteiger partial charge in [-0.15, -0.1) is 16.8 Å². The van der Waals surface area contributed by atoms with Gasteiger partial charge in [0.25, 0.3) is 0 Å². The van der Waals surface area contributed by atoms with Crippen molar-refractivity contribution in [1.82, 2.24) is 14.8 Å². The summed E-state index contributed by atoms with van der Waals surface area (Å²) in [7, 11) is 1.32. The highest BCUT2D eigenvalue weighted by Gasteiger charge is 2.15. The minimum Gasteiger partial charge on any atom is -0.490 e. The molecule has 1 heterocycles. The third-order valence-corrected chi connectivity index (χ3v) is 5.75. The van der Waals surface area contributed by atoms with Gasteiger partial charge in [0.05, 0.1) is 25.0 Å². The number of amides is 1. The maximum Gasteiger partial charge on any atom is 0.337 e. The molecule has 35 heavy (non-hydrogen) atoms. The molecular formula is C25H28N4O5S. The molecule has 0 aliphatic heterocycles. The lowest BCUT2D eigenvalue weighted by atomic mass is 10.2. The van der Waals surface area contributed by atoms with E-state index in [2.05, 4.69) is 26.8 Å². The van der Waals surface area contributed by atoms with Crippen molar-refractivity contribution >= 4 is 29.3 Å². The Bertz CT molecular complexity index is 1180. The average molecular weight is 497 g/mol. The van der Waals surface area contributed by atoms with Gasteiger partial charge in [-0.1, -0.05) is 23.9 Å². The lowest BCUT2D eigenvalue weighted by Crippen LogP contribution is -2.15. The third kappa shape index (κ3) is 7.10. The minimum absolute atomic E-state index is 0.126. The van der Waals surface area contributed by atoms with Crippen LogP contribution in [0.15, 0.2) is 60.3 Å². The van der Waals surface area contributed by atoms with Crippen LogP contribution in [0.4, 0.5) is 5.69 Å². The number of esters is 1. The van der Waals surface area contributed by atoms with E-state index in [1.165, 1.54) is 18.9 Å². The summed E-state index contributed by atoms with van der Waals surface area (Å²) in [5.74, 6) is 1.38. The molecule has 0 spiro atoms. The highest BCUT2D eigenvalue weighted by atomic mass is 32.2. The number of hydrogen-bond acceptors (Lipinski definition) is 8. The quantitative estimate of drug-likeness (QED) is 0.225. The maximum absolute atomic E-state index is 12.4. The molecule has 3 aromatic rings. The molecule has 0 saturated carbocycles. The molecule has 1 amide bonds. The Balaban J connectivity index is 1.61. The van der Waals surface area contributed by atoms with Crippen molar-refractivity contribution in [3.8, 4) is 11.5 Å². The molecule has 3 rings (SSSR count). The summed E-state index contributed by atoms with van der Waals surface area (Å²) in [5, 5.41) is 11.8. The van der Waals surface area contributed by atoms with Crippen LogP contribution in [0.5, 0.6) is 11.5 Å². The van der Waals surface area contributed by atoms with E-state index >= 15 is 0 Å². The van der Waals surface area contributed by atoms with Gasteiger partial charge in [-0.3, -0.25) is 9.36 Å². The maximum atomic E-state index is 12.4. The molecular weight excluding hydrogens is 468 g/mol. The molecule has 10 heteroatoms. The highest BCUT2D eigenvalue weighted by Crippen LogP contribution is 2.29. The number of nitrogens with zero attached hydrogens (tertiary/aromatic N) is 3. The lowest BCUT2D eigenvalue weighted by molar-refractivity contribution is -0.113. The van der Waals surface area contributed by atoms with Crippen molar-refractivity contribution in [3.63, 3.8) is 0 Å². The van der Waals surface area contributed by atoms with E-state index in [-0.39, 0.29) is 18.3 Å². The molecule has 0 radical (unpaired) electrons. The number of benzene rings is 2. The smallest absolute Gasteiger partial charge is 0.337 e. The molecule has 184 valence electrons. The zero-order chi connectivity index (χ0) is 25.2. The first kappa shape index (κ1) is 25.8. The molecule has 0 fully saturated rings.